The highest BCUT2D eigenvalue weighted by Gasteiger charge is 2.38. The summed E-state index contributed by atoms with van der Waals surface area (Å²) in [5.74, 6) is -1.59. The van der Waals surface area contributed by atoms with Gasteiger partial charge in [0.05, 0.1) is 17.2 Å². The van der Waals surface area contributed by atoms with Crippen LogP contribution in [0, 0.1) is 17.8 Å². The first kappa shape index (κ1) is 16.5. The number of anilines is 1. The zero-order chi connectivity index (χ0) is 17.4. The van der Waals surface area contributed by atoms with Gasteiger partial charge in [0.2, 0.25) is 5.91 Å². The van der Waals surface area contributed by atoms with Gasteiger partial charge < -0.3 is 14.9 Å². The molecular weight excluding hydrogens is 308 g/mol. The molecule has 1 aromatic rings. The Morgan fingerprint density at radius 2 is 1.83 bits per heavy atom. The van der Waals surface area contributed by atoms with E-state index < -0.39 is 11.9 Å². The third-order valence-electron chi connectivity index (χ3n) is 4.97. The molecule has 0 spiro atoms. The Morgan fingerprint density at radius 3 is 2.42 bits per heavy atom. The van der Waals surface area contributed by atoms with E-state index in [1.807, 2.05) is 6.92 Å². The topological polar surface area (TPSA) is 77.9 Å². The minimum atomic E-state index is -0.868. The number of likely N-dealkylation sites (tertiary alicyclic amines) is 1. The third kappa shape index (κ3) is 3.00. The molecule has 1 heterocycles. The Morgan fingerprint density at radius 1 is 1.17 bits per heavy atom. The van der Waals surface area contributed by atoms with Gasteiger partial charge >= 0.3 is 5.97 Å². The standard InChI is InChI=1S/C18H22N2O4/c1-11-9-20(10-14(11)18(23)24)17(22)13-5-3-4-6-15(13)19(2)16(21)12-7-8-12/h3-6,11-12,14H,7-10H2,1-2H3,(H,23,24)/t11-,14-/m1/s1. The van der Waals surface area contributed by atoms with Crippen LogP contribution in [0.3, 0.4) is 0 Å². The maximum Gasteiger partial charge on any atom is 0.308 e. The highest BCUT2D eigenvalue weighted by atomic mass is 16.4. The van der Waals surface area contributed by atoms with Crippen LogP contribution >= 0.6 is 0 Å². The SMILES string of the molecule is C[C@@H]1CN(C(=O)c2ccccc2N(C)C(=O)C2CC2)C[C@H]1C(=O)O. The predicted octanol–water partition coefficient (Wildman–Crippen LogP) is 1.85. The summed E-state index contributed by atoms with van der Waals surface area (Å²) in [5, 5.41) is 9.25. The van der Waals surface area contributed by atoms with Crippen LogP contribution in [0.5, 0.6) is 0 Å². The van der Waals surface area contributed by atoms with Crippen molar-refractivity contribution in [2.75, 3.05) is 25.0 Å². The van der Waals surface area contributed by atoms with E-state index in [4.69, 9.17) is 0 Å². The van der Waals surface area contributed by atoms with Crippen molar-refractivity contribution in [3.63, 3.8) is 0 Å². The molecule has 0 unspecified atom stereocenters. The number of para-hydroxylation sites is 1. The van der Waals surface area contributed by atoms with E-state index in [2.05, 4.69) is 0 Å². The Bertz CT molecular complexity index is 683. The summed E-state index contributed by atoms with van der Waals surface area (Å²) in [7, 11) is 1.69. The molecule has 1 aliphatic heterocycles. The van der Waals surface area contributed by atoms with Crippen molar-refractivity contribution in [3.05, 3.63) is 29.8 Å². The average Bonchev–Trinajstić information content (AvgIpc) is 3.34. The zero-order valence-electron chi connectivity index (χ0n) is 13.9. The molecule has 2 fully saturated rings. The number of carbonyl (C=O) groups is 3. The van der Waals surface area contributed by atoms with Crippen molar-refractivity contribution in [1.29, 1.82) is 0 Å². The first-order valence-corrected chi connectivity index (χ1v) is 8.28. The molecule has 128 valence electrons. The van der Waals surface area contributed by atoms with Crippen LogP contribution in [0.15, 0.2) is 24.3 Å². The molecule has 1 N–H and O–H groups in total. The largest absolute Gasteiger partial charge is 0.481 e. The van der Waals surface area contributed by atoms with Crippen LogP contribution in [0.2, 0.25) is 0 Å². The van der Waals surface area contributed by atoms with Gasteiger partial charge in [0.1, 0.15) is 0 Å². The number of rotatable bonds is 4. The second kappa shape index (κ2) is 6.26. The lowest BCUT2D eigenvalue weighted by molar-refractivity contribution is -0.142. The summed E-state index contributed by atoms with van der Waals surface area (Å²) in [6, 6.07) is 7.03. The third-order valence-corrected chi connectivity index (χ3v) is 4.97. The molecule has 1 aliphatic carbocycles. The summed E-state index contributed by atoms with van der Waals surface area (Å²) in [6.07, 6.45) is 1.81. The maximum absolute atomic E-state index is 12.9. The average molecular weight is 330 g/mol. The van der Waals surface area contributed by atoms with Gasteiger partial charge in [0.25, 0.3) is 5.91 Å². The van der Waals surface area contributed by atoms with Crippen LogP contribution in [0.4, 0.5) is 5.69 Å². The van der Waals surface area contributed by atoms with Gasteiger partial charge in [0.15, 0.2) is 0 Å². The smallest absolute Gasteiger partial charge is 0.308 e. The monoisotopic (exact) mass is 330 g/mol. The van der Waals surface area contributed by atoms with E-state index >= 15 is 0 Å². The quantitative estimate of drug-likeness (QED) is 0.914. The van der Waals surface area contributed by atoms with Gasteiger partial charge in [-0.1, -0.05) is 19.1 Å². The van der Waals surface area contributed by atoms with Gasteiger partial charge in [-0.2, -0.15) is 0 Å². The number of carboxylic acid groups (broad SMARTS) is 1. The molecule has 1 saturated carbocycles. The highest BCUT2D eigenvalue weighted by Crippen LogP contribution is 2.34. The van der Waals surface area contributed by atoms with Crippen LogP contribution < -0.4 is 4.90 Å². The van der Waals surface area contributed by atoms with Gasteiger partial charge in [0, 0.05) is 26.1 Å². The second-order valence-corrected chi connectivity index (χ2v) is 6.82. The van der Waals surface area contributed by atoms with Crippen molar-refractivity contribution in [2.24, 2.45) is 17.8 Å². The molecular formula is C18H22N2O4. The Hall–Kier alpha value is -2.37. The lowest BCUT2D eigenvalue weighted by atomic mass is 9.99. The zero-order valence-corrected chi connectivity index (χ0v) is 13.9. The molecule has 0 aromatic heterocycles. The number of hydrogen-bond donors (Lipinski definition) is 1. The van der Waals surface area contributed by atoms with Gasteiger partial charge in [-0.05, 0) is 30.9 Å². The Kier molecular flexibility index (Phi) is 4.30. The normalized spacial score (nSPS) is 23.2. The number of carboxylic acids is 1. The summed E-state index contributed by atoms with van der Waals surface area (Å²) >= 11 is 0. The fourth-order valence-corrected chi connectivity index (χ4v) is 3.29. The van der Waals surface area contributed by atoms with Crippen molar-refractivity contribution in [1.82, 2.24) is 4.90 Å². The lowest BCUT2D eigenvalue weighted by Crippen LogP contribution is -2.33. The molecule has 6 heteroatoms. The number of amides is 2. The molecule has 1 saturated heterocycles. The molecule has 24 heavy (non-hydrogen) atoms. The van der Waals surface area contributed by atoms with E-state index in [1.54, 1.807) is 41.1 Å². The molecule has 1 aromatic carbocycles. The minimum absolute atomic E-state index is 0.0356. The molecule has 0 radical (unpaired) electrons. The van der Waals surface area contributed by atoms with E-state index in [0.29, 0.717) is 17.8 Å². The van der Waals surface area contributed by atoms with Crippen molar-refractivity contribution < 1.29 is 19.5 Å². The fraction of sp³-hybridized carbons (Fsp3) is 0.500. The number of aliphatic carboxylic acids is 1. The highest BCUT2D eigenvalue weighted by molar-refractivity contribution is 6.05. The number of carbonyl (C=O) groups excluding carboxylic acids is 2. The Labute approximate surface area is 141 Å². The van der Waals surface area contributed by atoms with E-state index in [0.717, 1.165) is 12.8 Å². The van der Waals surface area contributed by atoms with Crippen LogP contribution in [-0.2, 0) is 9.59 Å². The van der Waals surface area contributed by atoms with Gasteiger partial charge in [-0.25, -0.2) is 0 Å². The number of hydrogen-bond acceptors (Lipinski definition) is 3. The van der Waals surface area contributed by atoms with Crippen LogP contribution in [0.1, 0.15) is 30.1 Å². The maximum atomic E-state index is 12.9. The molecule has 0 bridgehead atoms. The van der Waals surface area contributed by atoms with Crippen molar-refractivity contribution in [3.8, 4) is 0 Å². The summed E-state index contributed by atoms with van der Waals surface area (Å²) in [4.78, 5) is 39.6. The van der Waals surface area contributed by atoms with E-state index in [1.165, 1.54) is 0 Å². The first-order valence-electron chi connectivity index (χ1n) is 8.28. The van der Waals surface area contributed by atoms with Crippen LogP contribution in [0.25, 0.3) is 0 Å². The molecule has 2 amide bonds. The Balaban J connectivity index is 1.83. The van der Waals surface area contributed by atoms with Crippen molar-refractivity contribution in [2.45, 2.75) is 19.8 Å². The molecule has 2 atom stereocenters. The summed E-state index contributed by atoms with van der Waals surface area (Å²) < 4.78 is 0. The lowest BCUT2D eigenvalue weighted by Gasteiger charge is -2.23. The van der Waals surface area contributed by atoms with E-state index in [9.17, 15) is 19.5 Å². The van der Waals surface area contributed by atoms with Crippen LogP contribution in [-0.4, -0.2) is 47.9 Å². The molecule has 2 aliphatic rings. The van der Waals surface area contributed by atoms with Crippen molar-refractivity contribution >= 4 is 23.5 Å². The molecule has 6 nitrogen and oxygen atoms in total. The van der Waals surface area contributed by atoms with Gasteiger partial charge in [-0.3, -0.25) is 14.4 Å². The second-order valence-electron chi connectivity index (χ2n) is 6.82. The van der Waals surface area contributed by atoms with E-state index in [-0.39, 0.29) is 30.2 Å². The summed E-state index contributed by atoms with van der Waals surface area (Å²) in [5.41, 5.74) is 1.04. The molecule has 3 rings (SSSR count). The predicted molar refractivity (Wildman–Crippen MR) is 88.8 cm³/mol. The fourth-order valence-electron chi connectivity index (χ4n) is 3.29. The number of benzene rings is 1. The minimum Gasteiger partial charge on any atom is -0.481 e. The number of nitrogens with zero attached hydrogens (tertiary/aromatic N) is 2. The summed E-state index contributed by atoms with van der Waals surface area (Å²) in [6.45, 7) is 2.48. The first-order chi connectivity index (χ1) is 11.4. The van der Waals surface area contributed by atoms with Gasteiger partial charge in [-0.15, -0.1) is 0 Å².